The Labute approximate surface area is 211 Å². The van der Waals surface area contributed by atoms with Crippen molar-refractivity contribution in [2.75, 3.05) is 20.2 Å². The molecule has 0 unspecified atom stereocenters. The molecule has 6 heteroatoms. The highest BCUT2D eigenvalue weighted by Crippen LogP contribution is 2.46. The summed E-state index contributed by atoms with van der Waals surface area (Å²) in [5.74, 6) is 0.876. The van der Waals surface area contributed by atoms with Gasteiger partial charge in [-0.25, -0.2) is 4.98 Å². The van der Waals surface area contributed by atoms with Gasteiger partial charge in [0.25, 0.3) is 0 Å². The maximum atomic E-state index is 11.9. The molecule has 1 aromatic heterocycles. The largest absolute Gasteiger partial charge is 0.481 e. The standard InChI is InChI=1S/C29H30ClN3O2/c1-18-6-3-4-7-20(18)21-8-5-9-22(27(21)30)23-16-19-10-11-24(26(19)28(31-23)35-2)33-15-14-29(17-33)13-12-25(34)32-29/h3-9,16,24H,10-15,17H2,1-2H3,(H,32,34)/t24-,29+/m1/s1. The van der Waals surface area contributed by atoms with Crippen LogP contribution in [0.2, 0.25) is 5.02 Å². The minimum atomic E-state index is -0.0516. The number of fused-ring (bicyclic) bond motifs is 1. The number of pyridine rings is 1. The normalized spacial score (nSPS) is 23.6. The highest BCUT2D eigenvalue weighted by molar-refractivity contribution is 6.36. The molecule has 2 aliphatic heterocycles. The van der Waals surface area contributed by atoms with Crippen LogP contribution in [0.5, 0.6) is 5.88 Å². The van der Waals surface area contributed by atoms with Gasteiger partial charge in [0.1, 0.15) is 0 Å². The number of hydrogen-bond donors (Lipinski definition) is 1. The van der Waals surface area contributed by atoms with E-state index in [4.69, 9.17) is 21.3 Å². The number of methoxy groups -OCH3 is 1. The quantitative estimate of drug-likeness (QED) is 0.510. The van der Waals surface area contributed by atoms with Gasteiger partial charge >= 0.3 is 0 Å². The summed E-state index contributed by atoms with van der Waals surface area (Å²) in [4.78, 5) is 19.4. The van der Waals surface area contributed by atoms with E-state index in [-0.39, 0.29) is 17.5 Å². The molecule has 6 rings (SSSR count). The van der Waals surface area contributed by atoms with Crippen molar-refractivity contribution in [1.82, 2.24) is 15.2 Å². The molecule has 2 fully saturated rings. The number of carbonyl (C=O) groups excluding carboxylic acids is 1. The summed E-state index contributed by atoms with van der Waals surface area (Å²) >= 11 is 6.99. The number of nitrogens with one attached hydrogen (secondary N) is 1. The van der Waals surface area contributed by atoms with E-state index in [0.29, 0.717) is 17.3 Å². The van der Waals surface area contributed by atoms with Crippen molar-refractivity contribution >= 4 is 17.5 Å². The predicted octanol–water partition coefficient (Wildman–Crippen LogP) is 5.73. The van der Waals surface area contributed by atoms with Gasteiger partial charge in [-0.05, 0) is 55.4 Å². The molecule has 35 heavy (non-hydrogen) atoms. The van der Waals surface area contributed by atoms with Gasteiger partial charge in [0.2, 0.25) is 11.8 Å². The molecule has 0 bridgehead atoms. The van der Waals surface area contributed by atoms with E-state index in [1.54, 1.807) is 7.11 Å². The number of aryl methyl sites for hydroxylation is 2. The first-order valence-electron chi connectivity index (χ1n) is 12.5. The summed E-state index contributed by atoms with van der Waals surface area (Å²) < 4.78 is 5.87. The summed E-state index contributed by atoms with van der Waals surface area (Å²) in [6, 6.07) is 16.9. The van der Waals surface area contributed by atoms with Crippen LogP contribution < -0.4 is 10.1 Å². The number of hydrogen-bond acceptors (Lipinski definition) is 4. The minimum absolute atomic E-state index is 0.0516. The monoisotopic (exact) mass is 487 g/mol. The average Bonchev–Trinajstić information content (AvgIpc) is 3.57. The molecular weight excluding hydrogens is 458 g/mol. The molecule has 2 atom stereocenters. The van der Waals surface area contributed by atoms with Crippen LogP contribution in [0.25, 0.3) is 22.4 Å². The predicted molar refractivity (Wildman–Crippen MR) is 139 cm³/mol. The first-order chi connectivity index (χ1) is 17.0. The Balaban J connectivity index is 1.35. The molecule has 2 saturated heterocycles. The molecular formula is C29H30ClN3O2. The Morgan fingerprint density at radius 2 is 1.89 bits per heavy atom. The van der Waals surface area contributed by atoms with E-state index >= 15 is 0 Å². The Morgan fingerprint density at radius 1 is 1.09 bits per heavy atom. The first-order valence-corrected chi connectivity index (χ1v) is 12.8. The first kappa shape index (κ1) is 22.6. The van der Waals surface area contributed by atoms with E-state index in [1.165, 1.54) is 16.7 Å². The zero-order chi connectivity index (χ0) is 24.2. The van der Waals surface area contributed by atoms with Crippen molar-refractivity contribution in [1.29, 1.82) is 0 Å². The molecule has 1 N–H and O–H groups in total. The second-order valence-electron chi connectivity index (χ2n) is 10.2. The van der Waals surface area contributed by atoms with Gasteiger partial charge in [-0.15, -0.1) is 0 Å². The topological polar surface area (TPSA) is 54.5 Å². The fourth-order valence-electron chi connectivity index (χ4n) is 6.30. The highest BCUT2D eigenvalue weighted by atomic mass is 35.5. The van der Waals surface area contributed by atoms with Gasteiger partial charge in [0.05, 0.1) is 23.4 Å². The summed E-state index contributed by atoms with van der Waals surface area (Å²) in [5.41, 5.74) is 7.54. The third kappa shape index (κ3) is 3.82. The van der Waals surface area contributed by atoms with Crippen LogP contribution in [0.4, 0.5) is 0 Å². The summed E-state index contributed by atoms with van der Waals surface area (Å²) in [6.07, 6.45) is 4.62. The second kappa shape index (κ2) is 8.65. The number of amides is 1. The summed E-state index contributed by atoms with van der Waals surface area (Å²) in [5, 5.41) is 3.96. The van der Waals surface area contributed by atoms with Gasteiger partial charge in [-0.2, -0.15) is 0 Å². The fraction of sp³-hybridized carbons (Fsp3) is 0.379. The van der Waals surface area contributed by atoms with Crippen molar-refractivity contribution in [3.8, 4) is 28.3 Å². The van der Waals surface area contributed by atoms with Crippen LogP contribution >= 0.6 is 11.6 Å². The van der Waals surface area contributed by atoms with Crippen LogP contribution in [0.3, 0.4) is 0 Å². The SMILES string of the molecule is COc1nc(-c2cccc(-c3ccccc3C)c2Cl)cc2c1[C@H](N1CC[C@@]3(CCC(=O)N3)C1)CC2. The van der Waals surface area contributed by atoms with Crippen molar-refractivity contribution in [2.45, 2.75) is 50.6 Å². The minimum Gasteiger partial charge on any atom is -0.481 e. The molecule has 2 aromatic carbocycles. The van der Waals surface area contributed by atoms with Crippen LogP contribution in [0.15, 0.2) is 48.5 Å². The molecule has 3 aromatic rings. The lowest BCUT2D eigenvalue weighted by molar-refractivity contribution is -0.119. The van der Waals surface area contributed by atoms with Gasteiger partial charge in [-0.3, -0.25) is 9.69 Å². The van der Waals surface area contributed by atoms with Crippen LogP contribution in [-0.2, 0) is 11.2 Å². The lowest BCUT2D eigenvalue weighted by Gasteiger charge is -2.28. The molecule has 3 aliphatic rings. The smallest absolute Gasteiger partial charge is 0.220 e. The number of benzene rings is 2. The Morgan fingerprint density at radius 3 is 2.66 bits per heavy atom. The summed E-state index contributed by atoms with van der Waals surface area (Å²) in [7, 11) is 1.70. The van der Waals surface area contributed by atoms with E-state index < -0.39 is 0 Å². The average molecular weight is 488 g/mol. The number of halogens is 1. The lowest BCUT2D eigenvalue weighted by Crippen LogP contribution is -2.44. The Kier molecular flexibility index (Phi) is 5.58. The van der Waals surface area contributed by atoms with Gasteiger partial charge in [0.15, 0.2) is 0 Å². The highest BCUT2D eigenvalue weighted by Gasteiger charge is 2.46. The van der Waals surface area contributed by atoms with Crippen molar-refractivity contribution < 1.29 is 9.53 Å². The molecule has 1 spiro atoms. The lowest BCUT2D eigenvalue weighted by atomic mass is 9.96. The zero-order valence-electron chi connectivity index (χ0n) is 20.2. The van der Waals surface area contributed by atoms with Crippen molar-refractivity contribution in [3.63, 3.8) is 0 Å². The molecule has 5 nitrogen and oxygen atoms in total. The van der Waals surface area contributed by atoms with Crippen LogP contribution in [0.1, 0.15) is 48.4 Å². The maximum absolute atomic E-state index is 11.9. The zero-order valence-corrected chi connectivity index (χ0v) is 21.0. The van der Waals surface area contributed by atoms with Crippen LogP contribution in [0, 0.1) is 6.92 Å². The van der Waals surface area contributed by atoms with E-state index in [1.807, 2.05) is 24.3 Å². The molecule has 0 saturated carbocycles. The molecule has 3 heterocycles. The number of ether oxygens (including phenoxy) is 1. The Hall–Kier alpha value is -2.89. The molecule has 180 valence electrons. The van der Waals surface area contributed by atoms with Crippen LogP contribution in [-0.4, -0.2) is 41.5 Å². The molecule has 1 amide bonds. The fourth-order valence-corrected chi connectivity index (χ4v) is 6.63. The number of nitrogens with zero attached hydrogens (tertiary/aromatic N) is 2. The second-order valence-corrected chi connectivity index (χ2v) is 10.6. The molecule has 0 radical (unpaired) electrons. The van der Waals surface area contributed by atoms with Crippen molar-refractivity contribution in [2.24, 2.45) is 0 Å². The van der Waals surface area contributed by atoms with Gasteiger partial charge in [-0.1, -0.05) is 54.1 Å². The maximum Gasteiger partial charge on any atom is 0.220 e. The molecule has 1 aliphatic carbocycles. The number of likely N-dealkylation sites (tertiary alicyclic amines) is 1. The van der Waals surface area contributed by atoms with E-state index in [0.717, 1.165) is 61.2 Å². The third-order valence-corrected chi connectivity index (χ3v) is 8.50. The third-order valence-electron chi connectivity index (χ3n) is 8.09. The number of aromatic nitrogens is 1. The van der Waals surface area contributed by atoms with Crippen molar-refractivity contribution in [3.05, 3.63) is 70.2 Å². The Bertz CT molecular complexity index is 1320. The number of carbonyl (C=O) groups is 1. The van der Waals surface area contributed by atoms with Gasteiger partial charge in [0, 0.05) is 42.2 Å². The van der Waals surface area contributed by atoms with E-state index in [2.05, 4.69) is 41.4 Å². The van der Waals surface area contributed by atoms with E-state index in [9.17, 15) is 4.79 Å². The summed E-state index contributed by atoms with van der Waals surface area (Å²) in [6.45, 7) is 3.99. The van der Waals surface area contributed by atoms with Gasteiger partial charge < -0.3 is 10.1 Å². The number of rotatable bonds is 4.